The number of rotatable bonds is 7. The maximum Gasteiger partial charge on any atom is 0.254 e. The van der Waals surface area contributed by atoms with Crippen molar-refractivity contribution in [2.45, 2.75) is 20.5 Å². The molecule has 2 aromatic carbocycles. The number of para-hydroxylation sites is 1. The molecule has 0 atom stereocenters. The van der Waals surface area contributed by atoms with Crippen molar-refractivity contribution in [2.24, 2.45) is 0 Å². The summed E-state index contributed by atoms with van der Waals surface area (Å²) in [7, 11) is 0. The van der Waals surface area contributed by atoms with Crippen LogP contribution in [0.4, 0.5) is 0 Å². The highest BCUT2D eigenvalue weighted by Crippen LogP contribution is 2.13. The molecule has 0 aliphatic rings. The van der Waals surface area contributed by atoms with Crippen molar-refractivity contribution >= 4 is 5.91 Å². The summed E-state index contributed by atoms with van der Waals surface area (Å²) in [5.41, 5.74) is 2.71. The third kappa shape index (κ3) is 4.99. The minimum atomic E-state index is 0.0334. The molecule has 0 unspecified atom stereocenters. The summed E-state index contributed by atoms with van der Waals surface area (Å²) in [6, 6.07) is 17.3. The number of ether oxygens (including phenoxy) is 1. The normalized spacial score (nSPS) is 10.2. The van der Waals surface area contributed by atoms with Gasteiger partial charge in [0, 0.05) is 18.7 Å². The third-order valence-electron chi connectivity index (χ3n) is 3.48. The van der Waals surface area contributed by atoms with Crippen molar-refractivity contribution in [3.8, 4) is 5.75 Å². The molecule has 3 nitrogen and oxygen atoms in total. The lowest BCUT2D eigenvalue weighted by atomic mass is 10.1. The van der Waals surface area contributed by atoms with Gasteiger partial charge < -0.3 is 9.64 Å². The van der Waals surface area contributed by atoms with E-state index in [9.17, 15) is 4.79 Å². The SMILES string of the molecule is C=C(C)CN(CC)C(=O)c1ccc(COc2ccccc2)cc1. The van der Waals surface area contributed by atoms with Crippen LogP contribution in [0.25, 0.3) is 0 Å². The quantitative estimate of drug-likeness (QED) is 0.714. The van der Waals surface area contributed by atoms with Gasteiger partial charge in [0.15, 0.2) is 0 Å². The van der Waals surface area contributed by atoms with Gasteiger partial charge in [0.2, 0.25) is 0 Å². The Labute approximate surface area is 138 Å². The highest BCUT2D eigenvalue weighted by Gasteiger charge is 2.13. The van der Waals surface area contributed by atoms with Gasteiger partial charge in [-0.2, -0.15) is 0 Å². The zero-order valence-electron chi connectivity index (χ0n) is 13.8. The fourth-order valence-corrected chi connectivity index (χ4v) is 2.26. The predicted molar refractivity (Wildman–Crippen MR) is 93.6 cm³/mol. The Morgan fingerprint density at radius 1 is 1.09 bits per heavy atom. The molecule has 0 aromatic heterocycles. The molecule has 2 rings (SSSR count). The summed E-state index contributed by atoms with van der Waals surface area (Å²) >= 11 is 0. The fourth-order valence-electron chi connectivity index (χ4n) is 2.26. The van der Waals surface area contributed by atoms with Crippen molar-refractivity contribution in [3.05, 3.63) is 77.9 Å². The number of hydrogen-bond donors (Lipinski definition) is 0. The van der Waals surface area contributed by atoms with Crippen LogP contribution >= 0.6 is 0 Å². The van der Waals surface area contributed by atoms with E-state index >= 15 is 0 Å². The molecule has 0 aliphatic carbocycles. The summed E-state index contributed by atoms with van der Waals surface area (Å²) < 4.78 is 5.71. The van der Waals surface area contributed by atoms with Crippen LogP contribution in [0.5, 0.6) is 5.75 Å². The number of carbonyl (C=O) groups is 1. The maximum absolute atomic E-state index is 12.5. The molecular weight excluding hydrogens is 286 g/mol. The zero-order valence-corrected chi connectivity index (χ0v) is 13.8. The highest BCUT2D eigenvalue weighted by atomic mass is 16.5. The van der Waals surface area contributed by atoms with Crippen molar-refractivity contribution in [2.75, 3.05) is 13.1 Å². The lowest BCUT2D eigenvalue weighted by molar-refractivity contribution is 0.0778. The number of nitrogens with zero attached hydrogens (tertiary/aromatic N) is 1. The first-order chi connectivity index (χ1) is 11.1. The summed E-state index contributed by atoms with van der Waals surface area (Å²) in [6.45, 7) is 9.53. The van der Waals surface area contributed by atoms with Gasteiger partial charge in [-0.15, -0.1) is 0 Å². The van der Waals surface area contributed by atoms with E-state index in [2.05, 4.69) is 6.58 Å². The van der Waals surface area contributed by atoms with Gasteiger partial charge in [-0.25, -0.2) is 0 Å². The summed E-state index contributed by atoms with van der Waals surface area (Å²) in [5.74, 6) is 0.872. The molecular formula is C20H23NO2. The highest BCUT2D eigenvalue weighted by molar-refractivity contribution is 5.94. The van der Waals surface area contributed by atoms with Crippen LogP contribution < -0.4 is 4.74 Å². The van der Waals surface area contributed by atoms with E-state index in [1.54, 1.807) is 4.90 Å². The molecule has 23 heavy (non-hydrogen) atoms. The number of hydrogen-bond acceptors (Lipinski definition) is 2. The van der Waals surface area contributed by atoms with Crippen molar-refractivity contribution < 1.29 is 9.53 Å². The Morgan fingerprint density at radius 2 is 1.74 bits per heavy atom. The standard InChI is InChI=1S/C20H23NO2/c1-4-21(14-16(2)3)20(22)18-12-10-17(11-13-18)15-23-19-8-6-5-7-9-19/h5-13H,2,4,14-15H2,1,3H3. The molecule has 3 heteroatoms. The molecule has 0 heterocycles. The molecule has 0 spiro atoms. The van der Waals surface area contributed by atoms with Crippen molar-refractivity contribution in [1.82, 2.24) is 4.90 Å². The van der Waals surface area contributed by atoms with E-state index in [0.29, 0.717) is 25.3 Å². The van der Waals surface area contributed by atoms with Crippen LogP contribution in [0.2, 0.25) is 0 Å². The topological polar surface area (TPSA) is 29.5 Å². The lowest BCUT2D eigenvalue weighted by Crippen LogP contribution is -2.32. The first-order valence-electron chi connectivity index (χ1n) is 7.80. The summed E-state index contributed by atoms with van der Waals surface area (Å²) in [6.07, 6.45) is 0. The molecule has 0 N–H and O–H groups in total. The smallest absolute Gasteiger partial charge is 0.254 e. The van der Waals surface area contributed by atoms with Crippen LogP contribution in [-0.2, 0) is 6.61 Å². The molecule has 0 fully saturated rings. The van der Waals surface area contributed by atoms with Gasteiger partial charge in [-0.3, -0.25) is 4.79 Å². The van der Waals surface area contributed by atoms with Gasteiger partial charge in [0.05, 0.1) is 0 Å². The first-order valence-corrected chi connectivity index (χ1v) is 7.80. The molecule has 0 saturated heterocycles. The van der Waals surface area contributed by atoms with E-state index in [4.69, 9.17) is 4.74 Å². The molecule has 1 amide bonds. The minimum Gasteiger partial charge on any atom is -0.489 e. The van der Waals surface area contributed by atoms with E-state index < -0.39 is 0 Å². The lowest BCUT2D eigenvalue weighted by Gasteiger charge is -2.21. The van der Waals surface area contributed by atoms with Gasteiger partial charge in [0.1, 0.15) is 12.4 Å². The zero-order chi connectivity index (χ0) is 16.7. The van der Waals surface area contributed by atoms with Gasteiger partial charge in [-0.1, -0.05) is 42.5 Å². The van der Waals surface area contributed by atoms with Gasteiger partial charge in [0.25, 0.3) is 5.91 Å². The van der Waals surface area contributed by atoms with Crippen LogP contribution in [0.1, 0.15) is 29.8 Å². The Hall–Kier alpha value is -2.55. The van der Waals surface area contributed by atoms with E-state index in [-0.39, 0.29) is 5.91 Å². The van der Waals surface area contributed by atoms with Crippen molar-refractivity contribution in [3.63, 3.8) is 0 Å². The monoisotopic (exact) mass is 309 g/mol. The second-order valence-electron chi connectivity index (χ2n) is 5.58. The van der Waals surface area contributed by atoms with Crippen LogP contribution in [0.15, 0.2) is 66.7 Å². The predicted octanol–water partition coefficient (Wildman–Crippen LogP) is 4.30. The average molecular weight is 309 g/mol. The first kappa shape index (κ1) is 16.8. The number of carbonyl (C=O) groups excluding carboxylic acids is 1. The van der Waals surface area contributed by atoms with Crippen LogP contribution in [-0.4, -0.2) is 23.9 Å². The molecule has 0 aliphatic heterocycles. The second-order valence-corrected chi connectivity index (χ2v) is 5.58. The number of benzene rings is 2. The number of likely N-dealkylation sites (N-methyl/N-ethyl adjacent to an activating group) is 1. The largest absolute Gasteiger partial charge is 0.489 e. The molecule has 2 aromatic rings. The van der Waals surface area contributed by atoms with Crippen LogP contribution in [0.3, 0.4) is 0 Å². The van der Waals surface area contributed by atoms with Gasteiger partial charge in [-0.05, 0) is 43.7 Å². The number of amides is 1. The second kappa shape index (κ2) is 8.18. The Morgan fingerprint density at radius 3 is 2.30 bits per heavy atom. The molecule has 0 bridgehead atoms. The Balaban J connectivity index is 1.98. The van der Waals surface area contributed by atoms with E-state index in [1.807, 2.05) is 68.4 Å². The van der Waals surface area contributed by atoms with Crippen LogP contribution in [0, 0.1) is 0 Å². The van der Waals surface area contributed by atoms with Gasteiger partial charge >= 0.3 is 0 Å². The fraction of sp³-hybridized carbons (Fsp3) is 0.250. The molecule has 0 radical (unpaired) electrons. The van der Waals surface area contributed by atoms with Crippen molar-refractivity contribution in [1.29, 1.82) is 0 Å². The van der Waals surface area contributed by atoms with E-state index in [0.717, 1.165) is 16.9 Å². The minimum absolute atomic E-state index is 0.0334. The Bertz CT molecular complexity index is 647. The summed E-state index contributed by atoms with van der Waals surface area (Å²) in [4.78, 5) is 14.2. The molecule has 120 valence electrons. The summed E-state index contributed by atoms with van der Waals surface area (Å²) in [5, 5.41) is 0. The molecule has 0 saturated carbocycles. The average Bonchev–Trinajstić information content (AvgIpc) is 2.58. The maximum atomic E-state index is 12.5. The van der Waals surface area contributed by atoms with E-state index in [1.165, 1.54) is 0 Å². The third-order valence-corrected chi connectivity index (χ3v) is 3.48. The Kier molecular flexibility index (Phi) is 5.98.